The summed E-state index contributed by atoms with van der Waals surface area (Å²) >= 11 is 0. The van der Waals surface area contributed by atoms with Gasteiger partial charge in [0.15, 0.2) is 23.2 Å². The van der Waals surface area contributed by atoms with Gasteiger partial charge in [0.1, 0.15) is 0 Å². The van der Waals surface area contributed by atoms with E-state index in [0.29, 0.717) is 31.4 Å². The van der Waals surface area contributed by atoms with Crippen molar-refractivity contribution < 1.29 is 18.7 Å². The number of carbonyl (C=O) groups is 1. The molecule has 0 saturated heterocycles. The van der Waals surface area contributed by atoms with Gasteiger partial charge in [0.2, 0.25) is 0 Å². The number of amides is 1. The lowest BCUT2D eigenvalue weighted by Gasteiger charge is -2.14. The molecule has 2 heterocycles. The Morgan fingerprint density at radius 3 is 2.48 bits per heavy atom. The maximum Gasteiger partial charge on any atom is 0.291 e. The Hall–Kier alpha value is -3.94. The highest BCUT2D eigenvalue weighted by atomic mass is 16.5. The number of hydrogen-bond acceptors (Lipinski definition) is 5. The number of guanidine groups is 1. The quantitative estimate of drug-likeness (QED) is 0.428. The summed E-state index contributed by atoms with van der Waals surface area (Å²) in [5, 5.41) is 9.33. The van der Waals surface area contributed by atoms with Crippen molar-refractivity contribution in [2.75, 3.05) is 30.9 Å². The topological polar surface area (TPSA) is 97.1 Å². The van der Waals surface area contributed by atoms with Crippen LogP contribution in [0.4, 0.5) is 11.4 Å². The number of hydrogen-bond donors (Lipinski definition) is 3. The predicted octanol–water partition coefficient (Wildman–Crippen LogP) is 3.88. The van der Waals surface area contributed by atoms with Crippen LogP contribution in [0, 0.1) is 0 Å². The summed E-state index contributed by atoms with van der Waals surface area (Å²) in [6.45, 7) is 1.87. The summed E-state index contributed by atoms with van der Waals surface area (Å²) in [5.41, 5.74) is 2.59. The molecule has 0 bridgehead atoms. The molecule has 0 aliphatic carbocycles. The van der Waals surface area contributed by atoms with Crippen molar-refractivity contribution >= 4 is 23.2 Å². The smallest absolute Gasteiger partial charge is 0.291 e. The van der Waals surface area contributed by atoms with Crippen LogP contribution < -0.4 is 25.4 Å². The molecule has 0 fully saturated rings. The van der Waals surface area contributed by atoms with Crippen LogP contribution in [0.1, 0.15) is 22.5 Å². The van der Waals surface area contributed by atoms with Gasteiger partial charge in [-0.05, 0) is 42.0 Å². The van der Waals surface area contributed by atoms with E-state index in [2.05, 4.69) is 20.9 Å². The first-order chi connectivity index (χ1) is 15.2. The predicted molar refractivity (Wildman–Crippen MR) is 119 cm³/mol. The number of nitrogens with one attached hydrogen (secondary N) is 3. The van der Waals surface area contributed by atoms with Gasteiger partial charge >= 0.3 is 0 Å². The van der Waals surface area contributed by atoms with Crippen molar-refractivity contribution in [1.29, 1.82) is 0 Å². The summed E-state index contributed by atoms with van der Waals surface area (Å²) in [6.07, 6.45) is 2.34. The largest absolute Gasteiger partial charge is 0.490 e. The molecule has 8 heteroatoms. The maximum absolute atomic E-state index is 12.0. The van der Waals surface area contributed by atoms with Crippen molar-refractivity contribution in [1.82, 2.24) is 5.32 Å². The van der Waals surface area contributed by atoms with Crippen LogP contribution in [-0.2, 0) is 6.54 Å². The lowest BCUT2D eigenvalue weighted by atomic mass is 10.2. The molecule has 0 saturated carbocycles. The first kappa shape index (κ1) is 20.3. The van der Waals surface area contributed by atoms with Gasteiger partial charge in [0, 0.05) is 37.5 Å². The Bertz CT molecular complexity index is 1050. The first-order valence-corrected chi connectivity index (χ1v) is 10.0. The molecule has 4 rings (SSSR count). The summed E-state index contributed by atoms with van der Waals surface area (Å²) in [6, 6.07) is 16.6. The second-order valence-corrected chi connectivity index (χ2v) is 6.89. The summed E-state index contributed by atoms with van der Waals surface area (Å²) < 4.78 is 16.5. The molecule has 1 aromatic heterocycles. The van der Waals surface area contributed by atoms with E-state index in [1.807, 2.05) is 42.5 Å². The van der Waals surface area contributed by atoms with Gasteiger partial charge in [-0.25, -0.2) is 0 Å². The molecule has 1 aliphatic heterocycles. The van der Waals surface area contributed by atoms with Gasteiger partial charge in [-0.3, -0.25) is 9.79 Å². The molecule has 1 aliphatic rings. The monoisotopic (exact) mass is 420 g/mol. The molecular weight excluding hydrogens is 396 g/mol. The molecule has 3 N–H and O–H groups in total. The van der Waals surface area contributed by atoms with Crippen molar-refractivity contribution in [3.05, 3.63) is 72.2 Å². The number of nitrogens with zero attached hydrogens (tertiary/aromatic N) is 1. The van der Waals surface area contributed by atoms with Gasteiger partial charge in [-0.1, -0.05) is 12.1 Å². The number of rotatable bonds is 5. The van der Waals surface area contributed by atoms with Crippen LogP contribution in [0.25, 0.3) is 0 Å². The number of fused-ring (bicyclic) bond motifs is 1. The minimum atomic E-state index is -0.282. The third kappa shape index (κ3) is 5.36. The van der Waals surface area contributed by atoms with Gasteiger partial charge in [-0.15, -0.1) is 0 Å². The number of ether oxygens (including phenoxy) is 2. The molecule has 0 radical (unpaired) electrons. The molecule has 0 unspecified atom stereocenters. The van der Waals surface area contributed by atoms with E-state index in [9.17, 15) is 4.79 Å². The third-order valence-corrected chi connectivity index (χ3v) is 4.65. The SMILES string of the molecule is CN=C(NCc1ccc(NC(=O)c2ccco2)cc1)Nc1ccc2c(c1)OCCCO2. The summed E-state index contributed by atoms with van der Waals surface area (Å²) in [4.78, 5) is 16.3. The average Bonchev–Trinajstić information content (AvgIpc) is 3.24. The molecule has 8 nitrogen and oxygen atoms in total. The zero-order valence-electron chi connectivity index (χ0n) is 17.2. The van der Waals surface area contributed by atoms with Gasteiger partial charge in [0.25, 0.3) is 5.91 Å². The van der Waals surface area contributed by atoms with Gasteiger partial charge < -0.3 is 29.8 Å². The second-order valence-electron chi connectivity index (χ2n) is 6.89. The highest BCUT2D eigenvalue weighted by Gasteiger charge is 2.12. The maximum atomic E-state index is 12.0. The van der Waals surface area contributed by atoms with Crippen LogP contribution in [0.5, 0.6) is 11.5 Å². The van der Waals surface area contributed by atoms with E-state index in [4.69, 9.17) is 13.9 Å². The molecule has 0 atom stereocenters. The van der Waals surface area contributed by atoms with E-state index >= 15 is 0 Å². The third-order valence-electron chi connectivity index (χ3n) is 4.65. The number of aliphatic imine (C=N–C) groups is 1. The van der Waals surface area contributed by atoms with E-state index in [-0.39, 0.29) is 11.7 Å². The van der Waals surface area contributed by atoms with Crippen molar-refractivity contribution in [3.63, 3.8) is 0 Å². The molecule has 2 aromatic carbocycles. The fraction of sp³-hybridized carbons (Fsp3) is 0.217. The standard InChI is InChI=1S/C23H24N4O4/c1-24-23(27-18-9-10-19-21(14-18)31-13-3-12-29-19)25-15-16-5-7-17(8-6-16)26-22(28)20-4-2-11-30-20/h2,4-11,14H,3,12-13,15H2,1H3,(H,26,28)(H2,24,25,27). The summed E-state index contributed by atoms with van der Waals surface area (Å²) in [5.74, 6) is 2.10. The summed E-state index contributed by atoms with van der Waals surface area (Å²) in [7, 11) is 1.71. The van der Waals surface area contributed by atoms with Crippen LogP contribution in [0.3, 0.4) is 0 Å². The number of benzene rings is 2. The fourth-order valence-corrected chi connectivity index (χ4v) is 3.05. The number of carbonyl (C=O) groups excluding carboxylic acids is 1. The van der Waals surface area contributed by atoms with E-state index in [1.54, 1.807) is 19.2 Å². The Labute approximate surface area is 180 Å². The molecular formula is C23H24N4O4. The molecule has 3 aromatic rings. The van der Waals surface area contributed by atoms with E-state index in [1.165, 1.54) is 6.26 Å². The van der Waals surface area contributed by atoms with Crippen molar-refractivity contribution in [3.8, 4) is 11.5 Å². The van der Waals surface area contributed by atoms with Crippen molar-refractivity contribution in [2.24, 2.45) is 4.99 Å². The van der Waals surface area contributed by atoms with Crippen LogP contribution in [0.15, 0.2) is 70.3 Å². The van der Waals surface area contributed by atoms with Gasteiger partial charge in [0.05, 0.1) is 19.5 Å². The van der Waals surface area contributed by atoms with Crippen LogP contribution in [0.2, 0.25) is 0 Å². The number of anilines is 2. The number of furan rings is 1. The van der Waals surface area contributed by atoms with Crippen molar-refractivity contribution in [2.45, 2.75) is 13.0 Å². The zero-order valence-corrected chi connectivity index (χ0v) is 17.2. The first-order valence-electron chi connectivity index (χ1n) is 10.0. The second kappa shape index (κ2) is 9.71. The molecule has 160 valence electrons. The molecule has 31 heavy (non-hydrogen) atoms. The zero-order chi connectivity index (χ0) is 21.5. The molecule has 1 amide bonds. The Morgan fingerprint density at radius 2 is 1.74 bits per heavy atom. The Morgan fingerprint density at radius 1 is 0.968 bits per heavy atom. The van der Waals surface area contributed by atoms with Crippen LogP contribution in [-0.4, -0.2) is 32.1 Å². The Balaban J connectivity index is 1.31. The van der Waals surface area contributed by atoms with E-state index < -0.39 is 0 Å². The highest BCUT2D eigenvalue weighted by Crippen LogP contribution is 2.32. The van der Waals surface area contributed by atoms with E-state index in [0.717, 1.165) is 29.2 Å². The normalized spacial score (nSPS) is 13.3. The van der Waals surface area contributed by atoms with Crippen LogP contribution >= 0.6 is 0 Å². The highest BCUT2D eigenvalue weighted by molar-refractivity contribution is 6.02. The minimum Gasteiger partial charge on any atom is -0.490 e. The lowest BCUT2D eigenvalue weighted by Crippen LogP contribution is -2.30. The molecule has 0 spiro atoms. The van der Waals surface area contributed by atoms with Gasteiger partial charge in [-0.2, -0.15) is 0 Å². The average molecular weight is 420 g/mol. The Kier molecular flexibility index (Phi) is 6.37. The lowest BCUT2D eigenvalue weighted by molar-refractivity contribution is 0.0996. The fourth-order valence-electron chi connectivity index (χ4n) is 3.05. The minimum absolute atomic E-state index is 0.273.